The van der Waals surface area contributed by atoms with Crippen molar-refractivity contribution in [1.29, 1.82) is 0 Å². The van der Waals surface area contributed by atoms with Crippen molar-refractivity contribution in [3.8, 4) is 11.3 Å². The molecular weight excluding hydrogens is 352 g/mol. The molecule has 1 aromatic carbocycles. The van der Waals surface area contributed by atoms with Crippen LogP contribution in [0.2, 0.25) is 0 Å². The van der Waals surface area contributed by atoms with Crippen molar-refractivity contribution in [3.63, 3.8) is 0 Å². The molecule has 0 atom stereocenters. The highest BCUT2D eigenvalue weighted by Crippen LogP contribution is 2.26. The number of carbonyl (C=O) groups excluding carboxylic acids is 1. The molecule has 0 radical (unpaired) electrons. The van der Waals surface area contributed by atoms with E-state index in [1.807, 2.05) is 34.3 Å². The summed E-state index contributed by atoms with van der Waals surface area (Å²) in [4.78, 5) is 11.9. The van der Waals surface area contributed by atoms with E-state index >= 15 is 0 Å². The molecule has 3 aromatic heterocycles. The second kappa shape index (κ2) is 7.42. The number of nitrogens with zero attached hydrogens (tertiary/aromatic N) is 5. The average molecular weight is 376 g/mol. The number of nitrogens with one attached hydrogen (secondary N) is 1. The molecule has 28 heavy (non-hydrogen) atoms. The van der Waals surface area contributed by atoms with Gasteiger partial charge in [0.25, 0.3) is 0 Å². The number of aryl methyl sites for hydroxylation is 3. The van der Waals surface area contributed by atoms with E-state index in [-0.39, 0.29) is 5.91 Å². The maximum atomic E-state index is 11.9. The van der Waals surface area contributed by atoms with Crippen molar-refractivity contribution in [2.75, 3.05) is 6.54 Å². The fourth-order valence-corrected chi connectivity index (χ4v) is 3.35. The Morgan fingerprint density at radius 1 is 1.14 bits per heavy atom. The van der Waals surface area contributed by atoms with Gasteiger partial charge in [-0.3, -0.25) is 9.20 Å². The van der Waals surface area contributed by atoms with Crippen LogP contribution in [0.25, 0.3) is 22.4 Å². The Hall–Kier alpha value is -3.22. The third-order valence-corrected chi connectivity index (χ3v) is 4.91. The van der Waals surface area contributed by atoms with Gasteiger partial charge in [-0.25, -0.2) is 4.52 Å². The summed E-state index contributed by atoms with van der Waals surface area (Å²) in [6.07, 6.45) is 5.69. The van der Waals surface area contributed by atoms with Crippen molar-refractivity contribution in [2.24, 2.45) is 0 Å². The van der Waals surface area contributed by atoms with Crippen LogP contribution in [0.4, 0.5) is 0 Å². The lowest BCUT2D eigenvalue weighted by molar-refractivity contribution is -0.121. The first-order chi connectivity index (χ1) is 13.6. The molecule has 0 aliphatic carbocycles. The highest BCUT2D eigenvalue weighted by atomic mass is 16.1. The molecule has 0 spiro atoms. The third kappa shape index (κ3) is 3.35. The molecule has 0 saturated carbocycles. The van der Waals surface area contributed by atoms with Crippen LogP contribution in [0.5, 0.6) is 0 Å². The van der Waals surface area contributed by atoms with Crippen LogP contribution in [-0.4, -0.2) is 36.7 Å². The van der Waals surface area contributed by atoms with Gasteiger partial charge in [0, 0.05) is 37.3 Å². The number of hydrogen-bond donors (Lipinski definition) is 1. The maximum Gasteiger partial charge on any atom is 0.220 e. The number of amides is 1. The van der Waals surface area contributed by atoms with E-state index in [0.717, 1.165) is 34.7 Å². The Morgan fingerprint density at radius 2 is 2.00 bits per heavy atom. The summed E-state index contributed by atoms with van der Waals surface area (Å²) >= 11 is 0. The van der Waals surface area contributed by atoms with Crippen LogP contribution < -0.4 is 5.32 Å². The molecule has 7 nitrogen and oxygen atoms in total. The van der Waals surface area contributed by atoms with Gasteiger partial charge in [0.2, 0.25) is 5.91 Å². The van der Waals surface area contributed by atoms with Gasteiger partial charge >= 0.3 is 0 Å². The van der Waals surface area contributed by atoms with Gasteiger partial charge < -0.3 is 5.32 Å². The van der Waals surface area contributed by atoms with Gasteiger partial charge in [-0.2, -0.15) is 5.10 Å². The smallest absolute Gasteiger partial charge is 0.220 e. The Morgan fingerprint density at radius 3 is 2.82 bits per heavy atom. The number of carbonyl (C=O) groups is 1. The maximum absolute atomic E-state index is 11.9. The predicted molar refractivity (Wildman–Crippen MR) is 108 cm³/mol. The summed E-state index contributed by atoms with van der Waals surface area (Å²) in [6.45, 7) is 6.91. The van der Waals surface area contributed by atoms with Crippen molar-refractivity contribution in [3.05, 3.63) is 53.6 Å². The highest BCUT2D eigenvalue weighted by molar-refractivity contribution is 5.78. The van der Waals surface area contributed by atoms with Crippen molar-refractivity contribution in [1.82, 2.24) is 29.5 Å². The average Bonchev–Trinajstić information content (AvgIpc) is 3.30. The zero-order valence-corrected chi connectivity index (χ0v) is 16.4. The molecule has 4 aromatic rings. The summed E-state index contributed by atoms with van der Waals surface area (Å²) < 4.78 is 3.77. The van der Waals surface area contributed by atoms with Crippen LogP contribution >= 0.6 is 0 Å². The Balaban J connectivity index is 1.67. The molecule has 0 unspecified atom stereocenters. The van der Waals surface area contributed by atoms with E-state index in [1.165, 1.54) is 11.1 Å². The molecular formula is C21H24N6O. The first-order valence-corrected chi connectivity index (χ1v) is 9.63. The first-order valence-electron chi connectivity index (χ1n) is 9.63. The monoisotopic (exact) mass is 376 g/mol. The van der Waals surface area contributed by atoms with Crippen LogP contribution in [-0.2, 0) is 11.2 Å². The molecule has 0 aliphatic rings. The summed E-state index contributed by atoms with van der Waals surface area (Å²) in [5, 5.41) is 16.3. The van der Waals surface area contributed by atoms with Gasteiger partial charge in [-0.15, -0.1) is 10.2 Å². The number of aromatic nitrogens is 5. The van der Waals surface area contributed by atoms with E-state index in [2.05, 4.69) is 47.6 Å². The summed E-state index contributed by atoms with van der Waals surface area (Å²) in [5.41, 5.74) is 6.06. The number of benzene rings is 1. The number of hydrogen-bond acceptors (Lipinski definition) is 4. The molecule has 7 heteroatoms. The molecule has 0 fully saturated rings. The second-order valence-electron chi connectivity index (χ2n) is 7.14. The van der Waals surface area contributed by atoms with Crippen molar-refractivity contribution < 1.29 is 4.79 Å². The number of rotatable bonds is 6. The molecule has 3 heterocycles. The van der Waals surface area contributed by atoms with Gasteiger partial charge in [0.1, 0.15) is 11.3 Å². The third-order valence-electron chi connectivity index (χ3n) is 4.91. The minimum Gasteiger partial charge on any atom is -0.356 e. The molecule has 144 valence electrons. The summed E-state index contributed by atoms with van der Waals surface area (Å²) in [6, 6.07) is 8.42. The summed E-state index contributed by atoms with van der Waals surface area (Å²) in [7, 11) is 0. The van der Waals surface area contributed by atoms with Crippen molar-refractivity contribution in [2.45, 2.75) is 40.0 Å². The summed E-state index contributed by atoms with van der Waals surface area (Å²) in [5.74, 6) is 0.819. The lowest BCUT2D eigenvalue weighted by Gasteiger charge is -2.03. The van der Waals surface area contributed by atoms with E-state index in [9.17, 15) is 4.79 Å². The van der Waals surface area contributed by atoms with E-state index in [1.54, 1.807) is 0 Å². The minimum absolute atomic E-state index is 0.0428. The minimum atomic E-state index is 0.0428. The Bertz CT molecular complexity index is 1160. The lowest BCUT2D eigenvalue weighted by atomic mass is 10.0. The molecule has 0 saturated heterocycles. The SMILES string of the molecule is CCCNC(=O)CCc1nnc2c3cc(-c4cc(C)ccc4C)nn3ccn12. The fourth-order valence-electron chi connectivity index (χ4n) is 3.35. The van der Waals surface area contributed by atoms with E-state index in [0.29, 0.717) is 19.4 Å². The zero-order chi connectivity index (χ0) is 19.7. The lowest BCUT2D eigenvalue weighted by Crippen LogP contribution is -2.24. The molecule has 1 N–H and O–H groups in total. The first kappa shape index (κ1) is 18.2. The van der Waals surface area contributed by atoms with E-state index < -0.39 is 0 Å². The molecule has 0 bridgehead atoms. The predicted octanol–water partition coefficient (Wildman–Crippen LogP) is 3.12. The van der Waals surface area contributed by atoms with E-state index in [4.69, 9.17) is 5.10 Å². The van der Waals surface area contributed by atoms with Crippen LogP contribution in [0, 0.1) is 13.8 Å². The topological polar surface area (TPSA) is 76.6 Å². The second-order valence-corrected chi connectivity index (χ2v) is 7.14. The standard InChI is InChI=1S/C21H24N6O/c1-4-9-22-20(28)8-7-19-23-24-21-18-13-17(25-27(18)11-10-26(19)21)16-12-14(2)5-6-15(16)3/h5-6,10-13H,4,7-9H2,1-3H3,(H,22,28). The van der Waals surface area contributed by atoms with Gasteiger partial charge in [-0.05, 0) is 38.0 Å². The van der Waals surface area contributed by atoms with Crippen molar-refractivity contribution >= 4 is 17.1 Å². The van der Waals surface area contributed by atoms with Crippen LogP contribution in [0.15, 0.2) is 36.7 Å². The Labute approximate surface area is 163 Å². The van der Waals surface area contributed by atoms with Gasteiger partial charge in [0.15, 0.2) is 5.65 Å². The van der Waals surface area contributed by atoms with Crippen LogP contribution in [0.1, 0.15) is 36.7 Å². The van der Waals surface area contributed by atoms with Gasteiger partial charge in [0.05, 0.1) is 5.69 Å². The largest absolute Gasteiger partial charge is 0.356 e. The molecule has 0 aliphatic heterocycles. The Kier molecular flexibility index (Phi) is 4.81. The van der Waals surface area contributed by atoms with Gasteiger partial charge in [-0.1, -0.05) is 24.6 Å². The fraction of sp³-hybridized carbons (Fsp3) is 0.333. The molecule has 4 rings (SSSR count). The number of fused-ring (bicyclic) bond motifs is 3. The molecule has 1 amide bonds. The van der Waals surface area contributed by atoms with Crippen LogP contribution in [0.3, 0.4) is 0 Å². The zero-order valence-electron chi connectivity index (χ0n) is 16.4. The normalized spacial score (nSPS) is 11.4. The highest BCUT2D eigenvalue weighted by Gasteiger charge is 2.14. The quantitative estimate of drug-likeness (QED) is 0.561.